The number of Topliss-reactive ketones (excluding diaryl/α,β-unsaturated/α-hetero) is 1. The van der Waals surface area contributed by atoms with E-state index in [0.717, 1.165) is 0 Å². The van der Waals surface area contributed by atoms with E-state index in [0.29, 0.717) is 40.4 Å². The van der Waals surface area contributed by atoms with E-state index in [2.05, 4.69) is 0 Å². The molecule has 16 heavy (non-hydrogen) atoms. The lowest BCUT2D eigenvalue weighted by atomic mass is 10.0. The van der Waals surface area contributed by atoms with E-state index in [9.17, 15) is 9.59 Å². The summed E-state index contributed by atoms with van der Waals surface area (Å²) in [7, 11) is 0. The zero-order valence-corrected chi connectivity index (χ0v) is 10.2. The summed E-state index contributed by atoms with van der Waals surface area (Å²) in [6, 6.07) is 1.54. The van der Waals surface area contributed by atoms with Crippen molar-refractivity contribution < 1.29 is 14.3 Å². The van der Waals surface area contributed by atoms with Crippen molar-refractivity contribution >= 4 is 23.7 Å². The van der Waals surface area contributed by atoms with E-state index in [1.807, 2.05) is 0 Å². The first-order chi connectivity index (χ1) is 7.52. The minimum absolute atomic E-state index is 0.173. The van der Waals surface area contributed by atoms with Crippen molar-refractivity contribution in [3.05, 3.63) is 27.8 Å². The smallest absolute Gasteiger partial charge is 0.163 e. The maximum Gasteiger partial charge on any atom is 0.163 e. The summed E-state index contributed by atoms with van der Waals surface area (Å²) in [4.78, 5) is 22.4. The molecule has 4 heteroatoms. The number of aldehydes is 1. The summed E-state index contributed by atoms with van der Waals surface area (Å²) >= 11 is 5.95. The molecule has 0 saturated carbocycles. The molecule has 0 N–H and O–H groups in total. The molecule has 0 heterocycles. The van der Waals surface area contributed by atoms with Gasteiger partial charge in [0.2, 0.25) is 0 Å². The van der Waals surface area contributed by atoms with E-state index >= 15 is 0 Å². The molecule has 1 rings (SSSR count). The third-order valence-corrected chi connectivity index (χ3v) is 2.70. The lowest BCUT2D eigenvalue weighted by molar-refractivity contribution is 0.101. The van der Waals surface area contributed by atoms with E-state index in [-0.39, 0.29) is 5.78 Å². The summed E-state index contributed by atoms with van der Waals surface area (Å²) in [6.07, 6.45) is 0.665. The van der Waals surface area contributed by atoms with Crippen molar-refractivity contribution in [2.45, 2.75) is 20.8 Å². The Morgan fingerprint density at radius 2 is 2.19 bits per heavy atom. The van der Waals surface area contributed by atoms with Crippen LogP contribution in [-0.2, 0) is 0 Å². The van der Waals surface area contributed by atoms with Gasteiger partial charge < -0.3 is 4.74 Å². The molecule has 0 saturated heterocycles. The van der Waals surface area contributed by atoms with Crippen molar-refractivity contribution in [1.82, 2.24) is 0 Å². The number of carbonyl (C=O) groups is 2. The molecule has 1 aromatic rings. The van der Waals surface area contributed by atoms with Crippen LogP contribution in [0.25, 0.3) is 0 Å². The lowest BCUT2D eigenvalue weighted by Gasteiger charge is -2.13. The number of halogens is 1. The molecule has 1 aromatic carbocycles. The van der Waals surface area contributed by atoms with Crippen LogP contribution in [0.1, 0.15) is 40.1 Å². The number of ketones is 1. The van der Waals surface area contributed by atoms with Crippen LogP contribution in [0, 0.1) is 6.92 Å². The van der Waals surface area contributed by atoms with Crippen LogP contribution in [-0.4, -0.2) is 18.7 Å². The van der Waals surface area contributed by atoms with Crippen LogP contribution < -0.4 is 4.74 Å². The molecule has 0 amide bonds. The van der Waals surface area contributed by atoms with Crippen molar-refractivity contribution in [1.29, 1.82) is 0 Å². The van der Waals surface area contributed by atoms with Gasteiger partial charge in [0.25, 0.3) is 0 Å². The second kappa shape index (κ2) is 5.12. The van der Waals surface area contributed by atoms with Crippen LogP contribution in [0.15, 0.2) is 6.07 Å². The summed E-state index contributed by atoms with van der Waals surface area (Å²) < 4.78 is 5.35. The highest BCUT2D eigenvalue weighted by atomic mass is 35.5. The van der Waals surface area contributed by atoms with Gasteiger partial charge in [-0.2, -0.15) is 0 Å². The maximum absolute atomic E-state index is 11.4. The molecule has 0 aliphatic rings. The molecule has 0 fully saturated rings. The fourth-order valence-corrected chi connectivity index (χ4v) is 1.66. The molecule has 0 spiro atoms. The molecule has 0 aromatic heterocycles. The van der Waals surface area contributed by atoms with Gasteiger partial charge in [0.1, 0.15) is 5.75 Å². The average Bonchev–Trinajstić information content (AvgIpc) is 2.23. The van der Waals surface area contributed by atoms with Crippen LogP contribution >= 0.6 is 11.6 Å². The molecule has 86 valence electrons. The van der Waals surface area contributed by atoms with Gasteiger partial charge in [-0.1, -0.05) is 11.6 Å². The van der Waals surface area contributed by atoms with Gasteiger partial charge in [0.05, 0.1) is 17.7 Å². The Kier molecular flexibility index (Phi) is 4.07. The fraction of sp³-hybridized carbons (Fsp3) is 0.333. The third-order valence-electron chi connectivity index (χ3n) is 2.31. The normalized spacial score (nSPS) is 10.0. The van der Waals surface area contributed by atoms with Crippen molar-refractivity contribution in [2.75, 3.05) is 6.61 Å². The third kappa shape index (κ3) is 2.25. The SMILES string of the molecule is CCOc1c(C(C)=O)cc(Cl)c(C)c1C=O. The van der Waals surface area contributed by atoms with Crippen LogP contribution in [0.5, 0.6) is 5.75 Å². The first kappa shape index (κ1) is 12.7. The molecular weight excluding hydrogens is 228 g/mol. The number of ether oxygens (including phenoxy) is 1. The quantitative estimate of drug-likeness (QED) is 0.600. The topological polar surface area (TPSA) is 43.4 Å². The minimum atomic E-state index is -0.173. The largest absolute Gasteiger partial charge is 0.492 e. The summed E-state index contributed by atoms with van der Waals surface area (Å²) in [5.74, 6) is 0.153. The first-order valence-corrected chi connectivity index (χ1v) is 5.32. The second-order valence-electron chi connectivity index (χ2n) is 3.38. The van der Waals surface area contributed by atoms with Gasteiger partial charge in [-0.3, -0.25) is 9.59 Å². The van der Waals surface area contributed by atoms with Gasteiger partial charge in [-0.15, -0.1) is 0 Å². The van der Waals surface area contributed by atoms with Crippen LogP contribution in [0.4, 0.5) is 0 Å². The molecule has 0 atom stereocenters. The molecular formula is C12H13ClO3. The first-order valence-electron chi connectivity index (χ1n) is 4.94. The minimum Gasteiger partial charge on any atom is -0.492 e. The average molecular weight is 241 g/mol. The van der Waals surface area contributed by atoms with Crippen molar-refractivity contribution in [3.8, 4) is 5.75 Å². The Balaban J connectivity index is 3.55. The Morgan fingerprint density at radius 1 is 1.56 bits per heavy atom. The molecule has 0 unspecified atom stereocenters. The summed E-state index contributed by atoms with van der Waals surface area (Å²) in [5.41, 5.74) is 1.32. The molecule has 3 nitrogen and oxygen atoms in total. The van der Waals surface area contributed by atoms with E-state index in [4.69, 9.17) is 16.3 Å². The Hall–Kier alpha value is -1.35. The maximum atomic E-state index is 11.4. The van der Waals surface area contributed by atoms with Crippen molar-refractivity contribution in [3.63, 3.8) is 0 Å². The molecule has 0 aliphatic carbocycles. The number of benzene rings is 1. The second-order valence-corrected chi connectivity index (χ2v) is 3.79. The predicted molar refractivity (Wildman–Crippen MR) is 62.8 cm³/mol. The number of hydrogen-bond donors (Lipinski definition) is 0. The molecule has 0 aliphatic heterocycles. The zero-order valence-electron chi connectivity index (χ0n) is 9.46. The molecule has 0 radical (unpaired) electrons. The number of carbonyl (C=O) groups excluding carboxylic acids is 2. The van der Waals surface area contributed by atoms with Crippen molar-refractivity contribution in [2.24, 2.45) is 0 Å². The standard InChI is InChI=1S/C12H13ClO3/c1-4-16-12-9(8(3)15)5-11(13)7(2)10(12)6-14/h5-6H,4H2,1-3H3. The fourth-order valence-electron chi connectivity index (χ4n) is 1.45. The Bertz CT molecular complexity index is 438. The van der Waals surface area contributed by atoms with E-state index < -0.39 is 0 Å². The molecule has 0 bridgehead atoms. The summed E-state index contributed by atoms with van der Waals surface area (Å²) in [5, 5.41) is 0.399. The Labute approximate surface area is 99.4 Å². The van der Waals surface area contributed by atoms with Gasteiger partial charge >= 0.3 is 0 Å². The van der Waals surface area contributed by atoms with E-state index in [1.165, 1.54) is 13.0 Å². The highest BCUT2D eigenvalue weighted by molar-refractivity contribution is 6.32. The lowest BCUT2D eigenvalue weighted by Crippen LogP contribution is -2.06. The number of rotatable bonds is 4. The van der Waals surface area contributed by atoms with Gasteiger partial charge in [0.15, 0.2) is 12.1 Å². The zero-order chi connectivity index (χ0) is 12.3. The van der Waals surface area contributed by atoms with E-state index in [1.54, 1.807) is 13.8 Å². The monoisotopic (exact) mass is 240 g/mol. The van der Waals surface area contributed by atoms with Gasteiger partial charge in [-0.25, -0.2) is 0 Å². The predicted octanol–water partition coefficient (Wildman–Crippen LogP) is 3.06. The highest BCUT2D eigenvalue weighted by Gasteiger charge is 2.17. The number of hydrogen-bond acceptors (Lipinski definition) is 3. The van der Waals surface area contributed by atoms with Crippen LogP contribution in [0.2, 0.25) is 5.02 Å². The highest BCUT2D eigenvalue weighted by Crippen LogP contribution is 2.31. The van der Waals surface area contributed by atoms with Gasteiger partial charge in [0, 0.05) is 5.02 Å². The van der Waals surface area contributed by atoms with Gasteiger partial charge in [-0.05, 0) is 32.4 Å². The Morgan fingerprint density at radius 3 is 2.62 bits per heavy atom. The van der Waals surface area contributed by atoms with Crippen LogP contribution in [0.3, 0.4) is 0 Å². The summed E-state index contributed by atoms with van der Waals surface area (Å²) in [6.45, 7) is 5.32.